The Labute approximate surface area is 266 Å². The largest absolute Gasteiger partial charge is 0.433 e. The molecule has 0 radical (unpaired) electrons. The van der Waals surface area contributed by atoms with Gasteiger partial charge in [-0.25, -0.2) is 4.98 Å². The number of benzene rings is 1. The molecule has 0 saturated carbocycles. The number of nitrogens with zero attached hydrogens (tertiary/aromatic N) is 4. The van der Waals surface area contributed by atoms with Gasteiger partial charge in [-0.15, -0.1) is 11.3 Å². The standard InChI is InChI=1S/C35H39F3N4O2S/c1-6-23-11-8-12-24(7-2)31(23)42-29(16-21(3)4)26(33(43)41-15-9-10-22(5)19-41)17-27(34(42)44)32-40-28(20-45-32)25-13-14-30(39-18-25)35(36,37)38/h8,11-14,17-18,20-22H,6-7,9-10,15-16,19H2,1-5H3/t22-/m0/s1. The van der Waals surface area contributed by atoms with Crippen molar-refractivity contribution in [3.05, 3.63) is 86.4 Å². The summed E-state index contributed by atoms with van der Waals surface area (Å²) in [5.41, 5.74) is 3.89. The second-order valence-electron chi connectivity index (χ2n) is 12.3. The van der Waals surface area contributed by atoms with E-state index in [-0.39, 0.29) is 17.4 Å². The topological polar surface area (TPSA) is 68.1 Å². The number of hydrogen-bond donors (Lipinski definition) is 0. The van der Waals surface area contributed by atoms with Crippen molar-refractivity contribution in [1.29, 1.82) is 0 Å². The number of thiazole rings is 1. The van der Waals surface area contributed by atoms with E-state index in [4.69, 9.17) is 4.98 Å². The van der Waals surface area contributed by atoms with Crippen molar-refractivity contribution in [3.63, 3.8) is 0 Å². The van der Waals surface area contributed by atoms with E-state index in [0.717, 1.165) is 41.9 Å². The van der Waals surface area contributed by atoms with E-state index in [1.54, 1.807) is 16.0 Å². The first-order valence-corrected chi connectivity index (χ1v) is 16.5. The fraction of sp³-hybridized carbons (Fsp3) is 0.429. The van der Waals surface area contributed by atoms with Crippen LogP contribution in [0, 0.1) is 11.8 Å². The van der Waals surface area contributed by atoms with Gasteiger partial charge in [-0.3, -0.25) is 19.1 Å². The third-order valence-electron chi connectivity index (χ3n) is 8.35. The maximum absolute atomic E-state index is 14.7. The molecule has 0 N–H and O–H groups in total. The molecule has 4 aromatic rings. The molecule has 45 heavy (non-hydrogen) atoms. The average Bonchev–Trinajstić information content (AvgIpc) is 3.50. The molecule has 0 bridgehead atoms. The molecule has 6 nitrogen and oxygen atoms in total. The van der Waals surface area contributed by atoms with Crippen LogP contribution in [-0.2, 0) is 25.4 Å². The first kappa shape index (κ1) is 32.6. The summed E-state index contributed by atoms with van der Waals surface area (Å²) < 4.78 is 41.1. The number of aryl methyl sites for hydroxylation is 2. The lowest BCUT2D eigenvalue weighted by Gasteiger charge is -2.32. The van der Waals surface area contributed by atoms with Gasteiger partial charge in [0.25, 0.3) is 11.5 Å². The lowest BCUT2D eigenvalue weighted by Crippen LogP contribution is -2.40. The van der Waals surface area contributed by atoms with Gasteiger partial charge in [0.15, 0.2) is 0 Å². The molecule has 1 amide bonds. The molecule has 0 unspecified atom stereocenters. The molecule has 1 fully saturated rings. The lowest BCUT2D eigenvalue weighted by atomic mass is 9.95. The van der Waals surface area contributed by atoms with Crippen LogP contribution in [-0.4, -0.2) is 38.4 Å². The molecule has 10 heteroatoms. The molecule has 0 aliphatic carbocycles. The zero-order valence-electron chi connectivity index (χ0n) is 26.4. The van der Waals surface area contributed by atoms with Crippen molar-refractivity contribution in [2.24, 2.45) is 11.8 Å². The van der Waals surface area contributed by atoms with Gasteiger partial charge in [0, 0.05) is 35.9 Å². The number of carbonyl (C=O) groups is 1. The summed E-state index contributed by atoms with van der Waals surface area (Å²) in [5.74, 6) is 0.460. The van der Waals surface area contributed by atoms with Crippen LogP contribution in [0.2, 0.25) is 0 Å². The summed E-state index contributed by atoms with van der Waals surface area (Å²) in [6.45, 7) is 11.7. The molecule has 4 heterocycles. The zero-order chi connectivity index (χ0) is 32.5. The number of rotatable bonds is 8. The van der Waals surface area contributed by atoms with Gasteiger partial charge in [-0.1, -0.05) is 52.8 Å². The quantitative estimate of drug-likeness (QED) is 0.195. The first-order chi connectivity index (χ1) is 21.4. The highest BCUT2D eigenvalue weighted by Gasteiger charge is 2.32. The number of para-hydroxylation sites is 1. The van der Waals surface area contributed by atoms with Gasteiger partial charge in [0.1, 0.15) is 10.7 Å². The molecule has 238 valence electrons. The summed E-state index contributed by atoms with van der Waals surface area (Å²) in [5, 5.41) is 2.10. The van der Waals surface area contributed by atoms with Gasteiger partial charge < -0.3 is 4.90 Å². The van der Waals surface area contributed by atoms with Crippen molar-refractivity contribution in [2.45, 2.75) is 72.9 Å². The Morgan fingerprint density at radius 1 is 1.11 bits per heavy atom. The van der Waals surface area contributed by atoms with Crippen LogP contribution in [0.15, 0.2) is 52.8 Å². The molecule has 0 spiro atoms. The molecule has 3 aromatic heterocycles. The van der Waals surface area contributed by atoms with Gasteiger partial charge in [0.05, 0.1) is 22.5 Å². The van der Waals surface area contributed by atoms with E-state index in [1.165, 1.54) is 17.4 Å². The highest BCUT2D eigenvalue weighted by molar-refractivity contribution is 7.13. The SMILES string of the molecule is CCc1cccc(CC)c1-n1c(CC(C)C)c(C(=O)N2CCC[C@H](C)C2)cc(-c2nc(-c3ccc(C(F)(F)F)nc3)cs2)c1=O. The van der Waals surface area contributed by atoms with E-state index in [0.29, 0.717) is 71.4 Å². The third-order valence-corrected chi connectivity index (χ3v) is 9.23. The fourth-order valence-corrected chi connectivity index (χ4v) is 6.94. The number of piperidine rings is 1. The minimum atomic E-state index is -4.55. The Morgan fingerprint density at radius 2 is 1.82 bits per heavy atom. The van der Waals surface area contributed by atoms with Crippen LogP contribution in [0.25, 0.3) is 27.5 Å². The highest BCUT2D eigenvalue weighted by Crippen LogP contribution is 2.33. The van der Waals surface area contributed by atoms with Crippen LogP contribution >= 0.6 is 11.3 Å². The third kappa shape index (κ3) is 6.76. The summed E-state index contributed by atoms with van der Waals surface area (Å²) in [7, 11) is 0. The van der Waals surface area contributed by atoms with Crippen molar-refractivity contribution < 1.29 is 18.0 Å². The van der Waals surface area contributed by atoms with E-state index in [1.807, 2.05) is 23.1 Å². The molecule has 5 rings (SSSR count). The summed E-state index contributed by atoms with van der Waals surface area (Å²) in [6, 6.07) is 10.0. The Bertz CT molecular complexity index is 1720. The monoisotopic (exact) mass is 636 g/mol. The lowest BCUT2D eigenvalue weighted by molar-refractivity contribution is -0.141. The number of halogens is 3. The molecular weight excluding hydrogens is 597 g/mol. The maximum atomic E-state index is 14.7. The van der Waals surface area contributed by atoms with E-state index in [2.05, 4.69) is 39.6 Å². The number of alkyl halides is 3. The van der Waals surface area contributed by atoms with Crippen LogP contribution in [0.3, 0.4) is 0 Å². The van der Waals surface area contributed by atoms with Crippen LogP contribution in [0.1, 0.15) is 80.3 Å². The maximum Gasteiger partial charge on any atom is 0.433 e. The van der Waals surface area contributed by atoms with E-state index in [9.17, 15) is 22.8 Å². The number of likely N-dealkylation sites (tertiary alicyclic amines) is 1. The van der Waals surface area contributed by atoms with Gasteiger partial charge in [-0.05, 0) is 73.3 Å². The minimum Gasteiger partial charge on any atom is -0.338 e. The minimum absolute atomic E-state index is 0.0945. The van der Waals surface area contributed by atoms with Crippen LogP contribution in [0.4, 0.5) is 13.2 Å². The summed E-state index contributed by atoms with van der Waals surface area (Å²) in [4.78, 5) is 39.2. The second-order valence-corrected chi connectivity index (χ2v) is 13.1. The van der Waals surface area contributed by atoms with Gasteiger partial charge in [0.2, 0.25) is 0 Å². The number of pyridine rings is 2. The predicted molar refractivity (Wildman–Crippen MR) is 173 cm³/mol. The molecule has 1 aromatic carbocycles. The number of aromatic nitrogens is 3. The smallest absolute Gasteiger partial charge is 0.338 e. The van der Waals surface area contributed by atoms with Crippen molar-refractivity contribution in [3.8, 4) is 27.5 Å². The van der Waals surface area contributed by atoms with Gasteiger partial charge in [-0.2, -0.15) is 13.2 Å². The molecular formula is C35H39F3N4O2S. The Kier molecular flexibility index (Phi) is 9.63. The first-order valence-electron chi connectivity index (χ1n) is 15.6. The zero-order valence-corrected chi connectivity index (χ0v) is 27.2. The Hall–Kier alpha value is -3.79. The van der Waals surface area contributed by atoms with Crippen LogP contribution < -0.4 is 5.56 Å². The summed E-state index contributed by atoms with van der Waals surface area (Å²) >= 11 is 1.22. The van der Waals surface area contributed by atoms with Crippen molar-refractivity contribution >= 4 is 17.2 Å². The van der Waals surface area contributed by atoms with E-state index < -0.39 is 11.9 Å². The van der Waals surface area contributed by atoms with Crippen LogP contribution in [0.5, 0.6) is 0 Å². The second kappa shape index (κ2) is 13.3. The van der Waals surface area contributed by atoms with Crippen molar-refractivity contribution in [1.82, 2.24) is 19.4 Å². The van der Waals surface area contributed by atoms with Gasteiger partial charge >= 0.3 is 6.18 Å². The Balaban J connectivity index is 1.75. The highest BCUT2D eigenvalue weighted by atomic mass is 32.1. The average molecular weight is 637 g/mol. The number of hydrogen-bond acceptors (Lipinski definition) is 5. The molecule has 1 aliphatic rings. The molecule has 1 saturated heterocycles. The van der Waals surface area contributed by atoms with E-state index >= 15 is 0 Å². The predicted octanol–water partition coefficient (Wildman–Crippen LogP) is 8.24. The van der Waals surface area contributed by atoms with Crippen molar-refractivity contribution in [2.75, 3.05) is 13.1 Å². The molecule has 1 atom stereocenters. The Morgan fingerprint density at radius 3 is 2.40 bits per heavy atom. The fourth-order valence-electron chi connectivity index (χ4n) is 6.11. The summed E-state index contributed by atoms with van der Waals surface area (Å²) in [6.07, 6.45) is 0.527. The normalized spacial score (nSPS) is 15.6. The number of amides is 1. The number of carbonyl (C=O) groups excluding carboxylic acids is 1. The molecule has 1 aliphatic heterocycles.